The van der Waals surface area contributed by atoms with Crippen LogP contribution >= 0.6 is 0 Å². The summed E-state index contributed by atoms with van der Waals surface area (Å²) in [5.41, 5.74) is 2.44. The minimum absolute atomic E-state index is 0.00601. The van der Waals surface area contributed by atoms with Crippen molar-refractivity contribution in [2.75, 3.05) is 19.7 Å². The summed E-state index contributed by atoms with van der Waals surface area (Å²) in [7, 11) is 0. The summed E-state index contributed by atoms with van der Waals surface area (Å²) in [4.78, 5) is 14.3. The Bertz CT molecular complexity index is 456. The molecule has 0 bridgehead atoms. The number of rotatable bonds is 5. The molecule has 1 N–H and O–H groups in total. The molecule has 0 fully saturated rings. The Labute approximate surface area is 114 Å². The lowest BCUT2D eigenvalue weighted by atomic mass is 9.82. The van der Waals surface area contributed by atoms with E-state index in [2.05, 4.69) is 18.7 Å². The van der Waals surface area contributed by atoms with Crippen LogP contribution in [-0.2, 0) is 11.2 Å². The summed E-state index contributed by atoms with van der Waals surface area (Å²) in [5, 5.41) is 9.08. The van der Waals surface area contributed by atoms with Crippen LogP contribution in [0.4, 0.5) is 0 Å². The van der Waals surface area contributed by atoms with Crippen LogP contribution in [0.5, 0.6) is 0 Å². The predicted molar refractivity (Wildman–Crippen MR) is 76.0 cm³/mol. The van der Waals surface area contributed by atoms with Gasteiger partial charge >= 0.3 is 0 Å². The normalized spacial score (nSPS) is 17.6. The molecule has 1 unspecified atom stereocenters. The number of benzene rings is 1. The van der Waals surface area contributed by atoms with Crippen molar-refractivity contribution in [1.82, 2.24) is 4.90 Å². The maximum Gasteiger partial charge on any atom is 0.230 e. The third kappa shape index (κ3) is 3.04. The lowest BCUT2D eigenvalue weighted by Crippen LogP contribution is -2.38. The van der Waals surface area contributed by atoms with Crippen molar-refractivity contribution in [3.63, 3.8) is 0 Å². The smallest absolute Gasteiger partial charge is 0.230 e. The maximum absolute atomic E-state index is 12.6. The summed E-state index contributed by atoms with van der Waals surface area (Å²) in [6.07, 6.45) is 4.72. The van der Waals surface area contributed by atoms with Crippen LogP contribution in [0, 0.1) is 0 Å². The Kier molecular flexibility index (Phi) is 4.74. The van der Waals surface area contributed by atoms with Crippen molar-refractivity contribution in [2.24, 2.45) is 0 Å². The van der Waals surface area contributed by atoms with Gasteiger partial charge in [-0.05, 0) is 30.4 Å². The number of hydrogen-bond acceptors (Lipinski definition) is 2. The minimum Gasteiger partial charge on any atom is -0.395 e. The van der Waals surface area contributed by atoms with E-state index in [4.69, 9.17) is 5.11 Å². The SMILES string of the molecule is C=CCN(CCO)C(=O)C1CCCc2ccccc21. The van der Waals surface area contributed by atoms with E-state index in [0.29, 0.717) is 13.1 Å². The Morgan fingerprint density at radius 3 is 3.00 bits per heavy atom. The molecule has 19 heavy (non-hydrogen) atoms. The van der Waals surface area contributed by atoms with E-state index in [-0.39, 0.29) is 18.4 Å². The number of aliphatic hydroxyl groups excluding tert-OH is 1. The first-order valence-corrected chi connectivity index (χ1v) is 6.86. The number of aliphatic hydroxyl groups is 1. The third-order valence-electron chi connectivity index (χ3n) is 3.70. The highest BCUT2D eigenvalue weighted by Crippen LogP contribution is 2.32. The second-order valence-corrected chi connectivity index (χ2v) is 4.94. The molecule has 0 radical (unpaired) electrons. The number of amides is 1. The van der Waals surface area contributed by atoms with Gasteiger partial charge < -0.3 is 10.0 Å². The summed E-state index contributed by atoms with van der Waals surface area (Å²) in [5.74, 6) is 0.0533. The van der Waals surface area contributed by atoms with Crippen LogP contribution in [0.3, 0.4) is 0 Å². The van der Waals surface area contributed by atoms with E-state index in [1.807, 2.05) is 12.1 Å². The number of aryl methyl sites for hydroxylation is 1. The van der Waals surface area contributed by atoms with Crippen molar-refractivity contribution in [3.05, 3.63) is 48.0 Å². The molecule has 0 saturated heterocycles. The fourth-order valence-electron chi connectivity index (χ4n) is 2.80. The molecule has 0 heterocycles. The van der Waals surface area contributed by atoms with Gasteiger partial charge in [-0.25, -0.2) is 0 Å². The summed E-state index contributed by atoms with van der Waals surface area (Å²) < 4.78 is 0. The van der Waals surface area contributed by atoms with Crippen LogP contribution in [0.1, 0.15) is 29.9 Å². The minimum atomic E-state index is -0.0588. The summed E-state index contributed by atoms with van der Waals surface area (Å²) in [6, 6.07) is 8.19. The molecule has 2 rings (SSSR count). The van der Waals surface area contributed by atoms with Crippen molar-refractivity contribution in [2.45, 2.75) is 25.2 Å². The van der Waals surface area contributed by atoms with Crippen LogP contribution < -0.4 is 0 Å². The van der Waals surface area contributed by atoms with Crippen molar-refractivity contribution < 1.29 is 9.90 Å². The molecule has 1 atom stereocenters. The number of nitrogens with zero attached hydrogens (tertiary/aromatic N) is 1. The fourth-order valence-corrected chi connectivity index (χ4v) is 2.80. The molecule has 3 nitrogen and oxygen atoms in total. The Hall–Kier alpha value is -1.61. The zero-order chi connectivity index (χ0) is 13.7. The van der Waals surface area contributed by atoms with Crippen LogP contribution in [0.15, 0.2) is 36.9 Å². The van der Waals surface area contributed by atoms with Gasteiger partial charge in [-0.3, -0.25) is 4.79 Å². The number of fused-ring (bicyclic) bond motifs is 1. The molecular formula is C16H21NO2. The summed E-state index contributed by atoms with van der Waals surface area (Å²) in [6.45, 7) is 4.55. The molecule has 1 amide bonds. The molecule has 3 heteroatoms. The average Bonchev–Trinajstić information content (AvgIpc) is 2.46. The van der Waals surface area contributed by atoms with Gasteiger partial charge in [0.25, 0.3) is 0 Å². The van der Waals surface area contributed by atoms with Gasteiger partial charge in [0.05, 0.1) is 12.5 Å². The van der Waals surface area contributed by atoms with Crippen LogP contribution in [0.25, 0.3) is 0 Å². The number of hydrogen-bond donors (Lipinski definition) is 1. The largest absolute Gasteiger partial charge is 0.395 e. The van der Waals surface area contributed by atoms with E-state index in [1.165, 1.54) is 5.56 Å². The van der Waals surface area contributed by atoms with E-state index in [1.54, 1.807) is 11.0 Å². The number of carbonyl (C=O) groups excluding carboxylic acids is 1. The second kappa shape index (κ2) is 6.53. The summed E-state index contributed by atoms with van der Waals surface area (Å²) >= 11 is 0. The third-order valence-corrected chi connectivity index (χ3v) is 3.70. The Morgan fingerprint density at radius 1 is 1.47 bits per heavy atom. The van der Waals surface area contributed by atoms with Crippen molar-refractivity contribution in [3.8, 4) is 0 Å². The Balaban J connectivity index is 2.21. The van der Waals surface area contributed by atoms with Crippen LogP contribution in [-0.4, -0.2) is 35.6 Å². The first kappa shape index (κ1) is 13.8. The molecular weight excluding hydrogens is 238 g/mol. The molecule has 0 aliphatic heterocycles. The van der Waals surface area contributed by atoms with E-state index >= 15 is 0 Å². The molecule has 1 aliphatic rings. The van der Waals surface area contributed by atoms with Crippen LogP contribution in [0.2, 0.25) is 0 Å². The maximum atomic E-state index is 12.6. The molecule has 1 aromatic carbocycles. The second-order valence-electron chi connectivity index (χ2n) is 4.94. The predicted octanol–water partition coefficient (Wildman–Crippen LogP) is 2.11. The van der Waals surface area contributed by atoms with Gasteiger partial charge in [-0.2, -0.15) is 0 Å². The van der Waals surface area contributed by atoms with Gasteiger partial charge in [-0.1, -0.05) is 30.3 Å². The zero-order valence-corrected chi connectivity index (χ0v) is 11.2. The van der Waals surface area contributed by atoms with Gasteiger partial charge in [0, 0.05) is 13.1 Å². The highest BCUT2D eigenvalue weighted by molar-refractivity contribution is 5.84. The average molecular weight is 259 g/mol. The van der Waals surface area contributed by atoms with Gasteiger partial charge in [0.15, 0.2) is 0 Å². The standard InChI is InChI=1S/C16H21NO2/c1-2-10-17(11-12-18)16(19)15-9-5-7-13-6-3-4-8-14(13)15/h2-4,6,8,15,18H,1,5,7,9-12H2. The van der Waals surface area contributed by atoms with Crippen molar-refractivity contribution >= 4 is 5.91 Å². The lowest BCUT2D eigenvalue weighted by Gasteiger charge is -2.30. The topological polar surface area (TPSA) is 40.5 Å². The molecule has 1 aliphatic carbocycles. The van der Waals surface area contributed by atoms with Gasteiger partial charge in [0.2, 0.25) is 5.91 Å². The van der Waals surface area contributed by atoms with Gasteiger partial charge in [-0.15, -0.1) is 6.58 Å². The highest BCUT2D eigenvalue weighted by Gasteiger charge is 2.29. The van der Waals surface area contributed by atoms with E-state index < -0.39 is 0 Å². The quantitative estimate of drug-likeness (QED) is 0.823. The monoisotopic (exact) mass is 259 g/mol. The molecule has 102 valence electrons. The highest BCUT2D eigenvalue weighted by atomic mass is 16.3. The molecule has 1 aromatic rings. The molecule has 0 aromatic heterocycles. The van der Waals surface area contributed by atoms with Gasteiger partial charge in [0.1, 0.15) is 0 Å². The van der Waals surface area contributed by atoms with Crippen molar-refractivity contribution in [1.29, 1.82) is 0 Å². The fraction of sp³-hybridized carbons (Fsp3) is 0.438. The zero-order valence-electron chi connectivity index (χ0n) is 11.2. The lowest BCUT2D eigenvalue weighted by molar-refractivity contribution is -0.133. The molecule has 0 saturated carbocycles. The van der Waals surface area contributed by atoms with E-state index in [0.717, 1.165) is 24.8 Å². The number of carbonyl (C=O) groups is 1. The Morgan fingerprint density at radius 2 is 2.26 bits per heavy atom. The van der Waals surface area contributed by atoms with E-state index in [9.17, 15) is 4.79 Å². The first-order chi connectivity index (χ1) is 9.27. The molecule has 0 spiro atoms. The first-order valence-electron chi connectivity index (χ1n) is 6.86.